The van der Waals surface area contributed by atoms with Crippen LogP contribution in [0.3, 0.4) is 0 Å². The van der Waals surface area contributed by atoms with Crippen LogP contribution in [0.5, 0.6) is 0 Å². The van der Waals surface area contributed by atoms with Crippen LogP contribution in [-0.2, 0) is 25.7 Å². The van der Waals surface area contributed by atoms with Crippen LogP contribution in [0.2, 0.25) is 0 Å². The molecule has 120 valence electrons. The lowest BCUT2D eigenvalue weighted by molar-refractivity contribution is 0.375. The molecule has 0 amide bonds. The third-order valence-corrected chi connectivity index (χ3v) is 5.76. The van der Waals surface area contributed by atoms with E-state index in [4.69, 9.17) is 0 Å². The van der Waals surface area contributed by atoms with Crippen molar-refractivity contribution in [3.8, 4) is 0 Å². The predicted molar refractivity (Wildman–Crippen MR) is 96.8 cm³/mol. The molecule has 2 atom stereocenters. The van der Waals surface area contributed by atoms with Crippen LogP contribution < -0.4 is 5.32 Å². The van der Waals surface area contributed by atoms with E-state index in [-0.39, 0.29) is 0 Å². The largest absolute Gasteiger partial charge is 0.316 e. The van der Waals surface area contributed by atoms with Gasteiger partial charge in [-0.3, -0.25) is 0 Å². The van der Waals surface area contributed by atoms with Crippen LogP contribution >= 0.6 is 0 Å². The van der Waals surface area contributed by atoms with E-state index in [1.165, 1.54) is 51.6 Å². The maximum Gasteiger partial charge on any atom is -0.00171 e. The average Bonchev–Trinajstić information content (AvgIpc) is 2.61. The van der Waals surface area contributed by atoms with Gasteiger partial charge in [0.2, 0.25) is 0 Å². The number of rotatable bonds is 4. The summed E-state index contributed by atoms with van der Waals surface area (Å²) in [5.41, 5.74) is 6.31. The highest BCUT2D eigenvalue weighted by atomic mass is 14.9. The molecule has 0 fully saturated rings. The molecule has 2 unspecified atom stereocenters. The fourth-order valence-electron chi connectivity index (χ4n) is 4.39. The second-order valence-electron chi connectivity index (χ2n) is 7.41. The quantitative estimate of drug-likeness (QED) is 0.893. The number of benzene rings is 2. The van der Waals surface area contributed by atoms with E-state index in [0.29, 0.717) is 0 Å². The van der Waals surface area contributed by atoms with Gasteiger partial charge in [-0.2, -0.15) is 0 Å². The zero-order valence-electron chi connectivity index (χ0n) is 13.9. The molecule has 0 spiro atoms. The monoisotopic (exact) mass is 305 g/mol. The Morgan fingerprint density at radius 2 is 1.09 bits per heavy atom. The zero-order valence-corrected chi connectivity index (χ0v) is 13.9. The van der Waals surface area contributed by atoms with E-state index < -0.39 is 0 Å². The van der Waals surface area contributed by atoms with Gasteiger partial charge < -0.3 is 5.32 Å². The van der Waals surface area contributed by atoms with E-state index in [1.54, 1.807) is 22.3 Å². The third kappa shape index (κ3) is 3.50. The summed E-state index contributed by atoms with van der Waals surface area (Å²) in [4.78, 5) is 0. The normalized spacial score (nSPS) is 23.1. The first kappa shape index (κ1) is 15.0. The zero-order chi connectivity index (χ0) is 15.5. The highest BCUT2D eigenvalue weighted by molar-refractivity contribution is 5.30. The van der Waals surface area contributed by atoms with Crippen molar-refractivity contribution in [2.24, 2.45) is 11.8 Å². The van der Waals surface area contributed by atoms with Crippen molar-refractivity contribution in [3.05, 3.63) is 70.8 Å². The van der Waals surface area contributed by atoms with Crippen molar-refractivity contribution < 1.29 is 0 Å². The molecule has 1 heteroatoms. The van der Waals surface area contributed by atoms with Crippen LogP contribution in [0.15, 0.2) is 48.5 Å². The standard InChI is InChI=1S/C22H27N/c1-3-7-21-13-17(9-11-19(21)5-1)15-23-16-18-10-12-20-6-2-4-8-22(20)14-18/h1-8,17-18,23H,9-16H2. The Bertz CT molecular complexity index is 603. The molecule has 1 nitrogen and oxygen atoms in total. The molecular weight excluding hydrogens is 278 g/mol. The molecular formula is C22H27N. The van der Waals surface area contributed by atoms with Crippen LogP contribution in [-0.4, -0.2) is 13.1 Å². The van der Waals surface area contributed by atoms with E-state index in [0.717, 1.165) is 11.8 Å². The Kier molecular flexibility index (Phi) is 4.48. The summed E-state index contributed by atoms with van der Waals surface area (Å²) in [6.07, 6.45) is 7.74. The molecule has 0 bridgehead atoms. The topological polar surface area (TPSA) is 12.0 Å². The summed E-state index contributed by atoms with van der Waals surface area (Å²) < 4.78 is 0. The molecule has 1 N–H and O–H groups in total. The van der Waals surface area contributed by atoms with E-state index in [2.05, 4.69) is 53.8 Å². The lowest BCUT2D eigenvalue weighted by atomic mass is 9.83. The summed E-state index contributed by atoms with van der Waals surface area (Å²) >= 11 is 0. The van der Waals surface area contributed by atoms with Gasteiger partial charge >= 0.3 is 0 Å². The van der Waals surface area contributed by atoms with Gasteiger partial charge in [-0.25, -0.2) is 0 Å². The maximum absolute atomic E-state index is 3.79. The van der Waals surface area contributed by atoms with E-state index in [1.807, 2.05) is 0 Å². The number of hydrogen-bond donors (Lipinski definition) is 1. The molecule has 0 saturated heterocycles. The highest BCUT2D eigenvalue weighted by Crippen LogP contribution is 2.26. The van der Waals surface area contributed by atoms with Gasteiger partial charge in [-0.1, -0.05) is 48.5 Å². The Hall–Kier alpha value is -1.60. The molecule has 2 aliphatic carbocycles. The van der Waals surface area contributed by atoms with E-state index in [9.17, 15) is 0 Å². The fraction of sp³-hybridized carbons (Fsp3) is 0.455. The molecule has 2 aliphatic rings. The van der Waals surface area contributed by atoms with Gasteiger partial charge in [0, 0.05) is 0 Å². The number of aryl methyl sites for hydroxylation is 2. The minimum absolute atomic E-state index is 0.820. The van der Waals surface area contributed by atoms with Gasteiger partial charge in [-0.15, -0.1) is 0 Å². The van der Waals surface area contributed by atoms with Crippen LogP contribution in [0.25, 0.3) is 0 Å². The second-order valence-corrected chi connectivity index (χ2v) is 7.41. The smallest absolute Gasteiger partial charge is 0.00171 e. The molecule has 2 aromatic carbocycles. The first-order valence-corrected chi connectivity index (χ1v) is 9.23. The lowest BCUT2D eigenvalue weighted by Crippen LogP contribution is -2.32. The van der Waals surface area contributed by atoms with Crippen molar-refractivity contribution in [3.63, 3.8) is 0 Å². The average molecular weight is 305 g/mol. The summed E-state index contributed by atoms with van der Waals surface area (Å²) in [5.74, 6) is 1.64. The van der Waals surface area contributed by atoms with Crippen LogP contribution in [0, 0.1) is 11.8 Å². The van der Waals surface area contributed by atoms with Crippen molar-refractivity contribution in [1.29, 1.82) is 0 Å². The Labute approximate surface area is 140 Å². The lowest BCUT2D eigenvalue weighted by Gasteiger charge is -2.28. The summed E-state index contributed by atoms with van der Waals surface area (Å²) in [6, 6.07) is 18.0. The van der Waals surface area contributed by atoms with Crippen molar-refractivity contribution >= 4 is 0 Å². The van der Waals surface area contributed by atoms with Crippen LogP contribution in [0.4, 0.5) is 0 Å². The maximum atomic E-state index is 3.79. The van der Waals surface area contributed by atoms with Crippen molar-refractivity contribution in [2.45, 2.75) is 38.5 Å². The predicted octanol–water partition coefficient (Wildman–Crippen LogP) is 4.19. The minimum Gasteiger partial charge on any atom is -0.316 e. The van der Waals surface area contributed by atoms with Gasteiger partial charge in [-0.05, 0) is 85.7 Å². The van der Waals surface area contributed by atoms with Crippen molar-refractivity contribution in [1.82, 2.24) is 5.32 Å². The minimum atomic E-state index is 0.820. The third-order valence-electron chi connectivity index (χ3n) is 5.76. The number of nitrogens with one attached hydrogen (secondary N) is 1. The first-order valence-electron chi connectivity index (χ1n) is 9.23. The van der Waals surface area contributed by atoms with Gasteiger partial charge in [0.15, 0.2) is 0 Å². The molecule has 0 aromatic heterocycles. The van der Waals surface area contributed by atoms with Gasteiger partial charge in [0.25, 0.3) is 0 Å². The SMILES string of the molecule is c1ccc2c(c1)CCC(CNCC1CCc3ccccc3C1)C2. The highest BCUT2D eigenvalue weighted by Gasteiger charge is 2.20. The van der Waals surface area contributed by atoms with Crippen LogP contribution in [0.1, 0.15) is 35.1 Å². The molecule has 0 heterocycles. The molecule has 0 radical (unpaired) electrons. The molecule has 2 aromatic rings. The second kappa shape index (κ2) is 6.88. The number of hydrogen-bond acceptors (Lipinski definition) is 1. The molecule has 0 aliphatic heterocycles. The molecule has 4 rings (SSSR count). The Morgan fingerprint density at radius 1 is 0.652 bits per heavy atom. The fourth-order valence-corrected chi connectivity index (χ4v) is 4.39. The number of fused-ring (bicyclic) bond motifs is 2. The van der Waals surface area contributed by atoms with E-state index >= 15 is 0 Å². The van der Waals surface area contributed by atoms with Crippen molar-refractivity contribution in [2.75, 3.05) is 13.1 Å². The summed E-state index contributed by atoms with van der Waals surface area (Å²) in [6.45, 7) is 2.37. The summed E-state index contributed by atoms with van der Waals surface area (Å²) in [7, 11) is 0. The van der Waals surface area contributed by atoms with Gasteiger partial charge in [0.05, 0.1) is 0 Å². The molecule has 0 saturated carbocycles. The Morgan fingerprint density at radius 3 is 1.57 bits per heavy atom. The first-order chi connectivity index (χ1) is 11.4. The molecule has 23 heavy (non-hydrogen) atoms. The Balaban J connectivity index is 1.26. The van der Waals surface area contributed by atoms with Gasteiger partial charge in [0.1, 0.15) is 0 Å². The summed E-state index contributed by atoms with van der Waals surface area (Å²) in [5, 5.41) is 3.79.